The minimum atomic E-state index is 0.859. The molecule has 0 unspecified atom stereocenters. The van der Waals surface area contributed by atoms with E-state index in [4.69, 9.17) is 4.74 Å². The van der Waals surface area contributed by atoms with E-state index >= 15 is 0 Å². The number of ether oxygens (including phenoxy) is 1. The molecule has 1 aromatic rings. The lowest BCUT2D eigenvalue weighted by molar-refractivity contribution is 0.0639. The van der Waals surface area contributed by atoms with Gasteiger partial charge < -0.3 is 15.4 Å². The Bertz CT molecular complexity index is 331. The molecule has 0 spiro atoms. The Morgan fingerprint density at radius 1 is 1.17 bits per heavy atom. The summed E-state index contributed by atoms with van der Waals surface area (Å²) in [6, 6.07) is 8.59. The molecule has 2 N–H and O–H groups in total. The van der Waals surface area contributed by atoms with Crippen molar-refractivity contribution >= 4 is 5.69 Å². The fraction of sp³-hybridized carbons (Fsp3) is 0.600. The van der Waals surface area contributed by atoms with Crippen LogP contribution in [-0.2, 0) is 11.3 Å². The first-order valence-electron chi connectivity index (χ1n) is 6.93. The maximum atomic E-state index is 5.37. The minimum Gasteiger partial charge on any atom is -0.388 e. The molecule has 0 aliphatic carbocycles. The summed E-state index contributed by atoms with van der Waals surface area (Å²) in [5.74, 6) is 0.859. The molecule has 0 amide bonds. The van der Waals surface area contributed by atoms with Crippen molar-refractivity contribution in [2.24, 2.45) is 5.92 Å². The van der Waals surface area contributed by atoms with E-state index in [1.165, 1.54) is 30.5 Å². The second-order valence-corrected chi connectivity index (χ2v) is 4.97. The molecule has 1 aromatic carbocycles. The van der Waals surface area contributed by atoms with Crippen LogP contribution in [0.5, 0.6) is 0 Å². The maximum Gasteiger partial charge on any atom is 0.0468 e. The molecule has 100 valence electrons. The first kappa shape index (κ1) is 13.4. The van der Waals surface area contributed by atoms with E-state index in [1.807, 2.05) is 7.05 Å². The second-order valence-electron chi connectivity index (χ2n) is 4.97. The van der Waals surface area contributed by atoms with Crippen LogP contribution in [0.4, 0.5) is 5.69 Å². The molecule has 0 bridgehead atoms. The Hall–Kier alpha value is -1.06. The van der Waals surface area contributed by atoms with Gasteiger partial charge in [0.15, 0.2) is 0 Å². The Balaban J connectivity index is 1.62. The summed E-state index contributed by atoms with van der Waals surface area (Å²) in [5.41, 5.74) is 2.52. The molecule has 3 nitrogen and oxygen atoms in total. The molecular formula is C15H24N2O. The van der Waals surface area contributed by atoms with Crippen molar-refractivity contribution in [3.05, 3.63) is 29.8 Å². The average Bonchev–Trinajstić information content (AvgIpc) is 2.45. The first-order valence-corrected chi connectivity index (χ1v) is 6.93. The van der Waals surface area contributed by atoms with Crippen molar-refractivity contribution in [2.75, 3.05) is 32.1 Å². The van der Waals surface area contributed by atoms with Gasteiger partial charge in [-0.05, 0) is 49.4 Å². The van der Waals surface area contributed by atoms with Gasteiger partial charge in [0.1, 0.15) is 0 Å². The van der Waals surface area contributed by atoms with Crippen molar-refractivity contribution in [3.63, 3.8) is 0 Å². The number of rotatable bonds is 6. The predicted octanol–water partition coefficient (Wildman–Crippen LogP) is 2.63. The first-order chi connectivity index (χ1) is 8.88. The van der Waals surface area contributed by atoms with Crippen LogP contribution < -0.4 is 10.6 Å². The summed E-state index contributed by atoms with van der Waals surface area (Å²) in [6.07, 6.45) is 3.75. The zero-order valence-corrected chi connectivity index (χ0v) is 11.2. The van der Waals surface area contributed by atoms with Gasteiger partial charge in [0, 0.05) is 32.5 Å². The van der Waals surface area contributed by atoms with Crippen LogP contribution in [0, 0.1) is 5.92 Å². The van der Waals surface area contributed by atoms with Gasteiger partial charge in [-0.15, -0.1) is 0 Å². The molecule has 3 heteroatoms. The number of anilines is 1. The molecule has 1 saturated heterocycles. The van der Waals surface area contributed by atoms with Gasteiger partial charge in [0.25, 0.3) is 0 Å². The smallest absolute Gasteiger partial charge is 0.0468 e. The molecule has 1 heterocycles. The van der Waals surface area contributed by atoms with Crippen molar-refractivity contribution in [1.82, 2.24) is 5.32 Å². The predicted molar refractivity (Wildman–Crippen MR) is 75.9 cm³/mol. The van der Waals surface area contributed by atoms with Crippen LogP contribution in [0.25, 0.3) is 0 Å². The highest BCUT2D eigenvalue weighted by atomic mass is 16.5. The minimum absolute atomic E-state index is 0.859. The van der Waals surface area contributed by atoms with Crippen LogP contribution in [0.1, 0.15) is 24.8 Å². The van der Waals surface area contributed by atoms with E-state index in [0.717, 1.165) is 32.2 Å². The largest absolute Gasteiger partial charge is 0.388 e. The lowest BCUT2D eigenvalue weighted by atomic mass is 9.97. The van der Waals surface area contributed by atoms with Crippen LogP contribution >= 0.6 is 0 Å². The number of benzene rings is 1. The molecular weight excluding hydrogens is 224 g/mol. The molecule has 1 aliphatic heterocycles. The quantitative estimate of drug-likeness (QED) is 0.759. The normalized spacial score (nSPS) is 16.7. The molecule has 2 rings (SSSR count). The van der Waals surface area contributed by atoms with E-state index < -0.39 is 0 Å². The summed E-state index contributed by atoms with van der Waals surface area (Å²) in [5, 5.41) is 6.66. The average molecular weight is 248 g/mol. The third kappa shape index (κ3) is 4.31. The van der Waals surface area contributed by atoms with Crippen LogP contribution in [-0.4, -0.2) is 26.8 Å². The summed E-state index contributed by atoms with van der Waals surface area (Å²) in [6.45, 7) is 3.98. The van der Waals surface area contributed by atoms with Gasteiger partial charge >= 0.3 is 0 Å². The molecule has 0 saturated carbocycles. The van der Waals surface area contributed by atoms with Crippen molar-refractivity contribution < 1.29 is 4.74 Å². The highest BCUT2D eigenvalue weighted by Crippen LogP contribution is 2.17. The van der Waals surface area contributed by atoms with Crippen LogP contribution in [0.3, 0.4) is 0 Å². The maximum absolute atomic E-state index is 5.37. The van der Waals surface area contributed by atoms with Crippen molar-refractivity contribution in [2.45, 2.75) is 25.8 Å². The topological polar surface area (TPSA) is 33.3 Å². The zero-order valence-electron chi connectivity index (χ0n) is 11.2. The SMILES string of the molecule is CNc1ccc(CNCCC2CCOCC2)cc1. The van der Waals surface area contributed by atoms with Gasteiger partial charge in [-0.2, -0.15) is 0 Å². The Morgan fingerprint density at radius 2 is 1.89 bits per heavy atom. The van der Waals surface area contributed by atoms with Crippen LogP contribution in [0.15, 0.2) is 24.3 Å². The molecule has 1 aliphatic rings. The molecule has 0 atom stereocenters. The lowest BCUT2D eigenvalue weighted by Crippen LogP contribution is -2.22. The Kier molecular flexibility index (Phi) is 5.49. The molecule has 0 aromatic heterocycles. The summed E-state index contributed by atoms with van der Waals surface area (Å²) in [4.78, 5) is 0. The van der Waals surface area contributed by atoms with E-state index in [2.05, 4.69) is 34.9 Å². The van der Waals surface area contributed by atoms with Crippen LogP contribution in [0.2, 0.25) is 0 Å². The molecule has 0 radical (unpaired) electrons. The fourth-order valence-electron chi connectivity index (χ4n) is 2.36. The third-order valence-corrected chi connectivity index (χ3v) is 3.64. The van der Waals surface area contributed by atoms with Gasteiger partial charge in [-0.1, -0.05) is 12.1 Å². The molecule has 1 fully saturated rings. The van der Waals surface area contributed by atoms with Crippen molar-refractivity contribution in [3.8, 4) is 0 Å². The Morgan fingerprint density at radius 3 is 2.56 bits per heavy atom. The number of hydrogen-bond donors (Lipinski definition) is 2. The third-order valence-electron chi connectivity index (χ3n) is 3.64. The van der Waals surface area contributed by atoms with E-state index in [1.54, 1.807) is 0 Å². The molecule has 18 heavy (non-hydrogen) atoms. The van der Waals surface area contributed by atoms with Crippen molar-refractivity contribution in [1.29, 1.82) is 0 Å². The second kappa shape index (κ2) is 7.39. The standard InChI is InChI=1S/C15H24N2O/c1-16-15-4-2-14(3-5-15)12-17-9-6-13-7-10-18-11-8-13/h2-5,13,16-17H,6-12H2,1H3. The van der Waals surface area contributed by atoms with Gasteiger partial charge in [0.2, 0.25) is 0 Å². The lowest BCUT2D eigenvalue weighted by Gasteiger charge is -2.21. The van der Waals surface area contributed by atoms with Gasteiger partial charge in [-0.3, -0.25) is 0 Å². The Labute approximate surface area is 110 Å². The monoisotopic (exact) mass is 248 g/mol. The van der Waals surface area contributed by atoms with Gasteiger partial charge in [0.05, 0.1) is 0 Å². The number of nitrogens with one attached hydrogen (secondary N) is 2. The van der Waals surface area contributed by atoms with E-state index in [9.17, 15) is 0 Å². The summed E-state index contributed by atoms with van der Waals surface area (Å²) in [7, 11) is 1.95. The highest BCUT2D eigenvalue weighted by Gasteiger charge is 2.12. The highest BCUT2D eigenvalue weighted by molar-refractivity contribution is 5.43. The zero-order chi connectivity index (χ0) is 12.6. The number of hydrogen-bond acceptors (Lipinski definition) is 3. The van der Waals surface area contributed by atoms with E-state index in [-0.39, 0.29) is 0 Å². The van der Waals surface area contributed by atoms with E-state index in [0.29, 0.717) is 0 Å². The van der Waals surface area contributed by atoms with Gasteiger partial charge in [-0.25, -0.2) is 0 Å². The summed E-state index contributed by atoms with van der Waals surface area (Å²) < 4.78 is 5.37. The summed E-state index contributed by atoms with van der Waals surface area (Å²) >= 11 is 0. The fourth-order valence-corrected chi connectivity index (χ4v) is 2.36.